The smallest absolute Gasteiger partial charge is 0.311 e. The Morgan fingerprint density at radius 2 is 1.25 bits per heavy atom. The molecule has 0 bridgehead atoms. The number of pyridine rings is 1. The van der Waals surface area contributed by atoms with E-state index in [-0.39, 0.29) is 134 Å². The van der Waals surface area contributed by atoms with Crippen molar-refractivity contribution in [2.24, 2.45) is 52.8 Å². The summed E-state index contributed by atoms with van der Waals surface area (Å²) in [5, 5.41) is 89.3. The number of benzene rings is 3. The van der Waals surface area contributed by atoms with Gasteiger partial charge in [-0.05, 0) is 227 Å². The molecule has 670 valence electrons. The zero-order valence-electron chi connectivity index (χ0n) is 74.3. The second-order valence-corrected chi connectivity index (χ2v) is 37.0. The minimum atomic E-state index is -1.12. The molecule has 0 saturated carbocycles. The number of carboxylic acid groups (broad SMARTS) is 2. The summed E-state index contributed by atoms with van der Waals surface area (Å²) in [5.74, 6) is -1.09. The van der Waals surface area contributed by atoms with Crippen molar-refractivity contribution in [2.75, 3.05) is 7.11 Å². The highest BCUT2D eigenvalue weighted by Crippen LogP contribution is 2.48. The summed E-state index contributed by atoms with van der Waals surface area (Å²) in [4.78, 5) is 74.7. The Kier molecular flexibility index (Phi) is 39.8. The van der Waals surface area contributed by atoms with Crippen molar-refractivity contribution < 1.29 is 98.1 Å². The number of hydrogen-bond acceptors (Lipinski definition) is 18. The Balaban J connectivity index is 0.000000224. The molecular weight excluding hydrogens is 1670 g/mol. The molecule has 10 rings (SSSR count). The van der Waals surface area contributed by atoms with E-state index in [1.165, 1.54) is 30.2 Å². The van der Waals surface area contributed by atoms with Crippen LogP contribution in [0.1, 0.15) is 259 Å². The lowest BCUT2D eigenvalue weighted by atomic mass is 9.65. The van der Waals surface area contributed by atoms with Gasteiger partial charge in [-0.15, -0.1) is 0 Å². The van der Waals surface area contributed by atoms with E-state index in [1.54, 1.807) is 31.4 Å². The molecule has 1 fully saturated rings. The summed E-state index contributed by atoms with van der Waals surface area (Å²) in [6, 6.07) is 22.9. The number of ether oxygens (including phenoxy) is 4. The van der Waals surface area contributed by atoms with Crippen molar-refractivity contribution in [3.8, 4) is 22.3 Å². The van der Waals surface area contributed by atoms with Gasteiger partial charge in [0.05, 0.1) is 85.6 Å². The average molecular weight is 1800 g/mol. The van der Waals surface area contributed by atoms with Crippen LogP contribution in [-0.2, 0) is 54.3 Å². The molecule has 23 heteroatoms. The van der Waals surface area contributed by atoms with Gasteiger partial charge in [0.15, 0.2) is 0 Å². The van der Waals surface area contributed by atoms with Crippen molar-refractivity contribution >= 4 is 81.3 Å². The van der Waals surface area contributed by atoms with Gasteiger partial charge < -0.3 is 69.5 Å². The summed E-state index contributed by atoms with van der Waals surface area (Å²) in [6.07, 6.45) is 20.3. The number of allylic oxidation sites excluding steroid dienone is 6. The van der Waals surface area contributed by atoms with Crippen LogP contribution in [0.2, 0.25) is 0 Å². The Morgan fingerprint density at radius 3 is 1.83 bits per heavy atom. The molecule has 0 amide bonds. The highest BCUT2D eigenvalue weighted by atomic mass is 127. The van der Waals surface area contributed by atoms with E-state index in [9.17, 15) is 68.9 Å². The van der Waals surface area contributed by atoms with E-state index in [0.29, 0.717) is 37.2 Å². The highest BCUT2D eigenvalue weighted by Gasteiger charge is 2.45. The number of aliphatic carboxylic acids is 2. The minimum Gasteiger partial charge on any atom is -0.481 e. The number of fused-ring (bicyclic) bond motifs is 3. The first-order chi connectivity index (χ1) is 57.6. The first-order valence-electron chi connectivity index (χ1n) is 43.8. The van der Waals surface area contributed by atoms with Gasteiger partial charge in [-0.2, -0.15) is 0 Å². The predicted molar refractivity (Wildman–Crippen MR) is 483 cm³/mol. The van der Waals surface area contributed by atoms with E-state index in [0.717, 1.165) is 116 Å². The van der Waals surface area contributed by atoms with E-state index >= 15 is 0 Å². The van der Waals surface area contributed by atoms with Crippen LogP contribution in [0, 0.1) is 62.1 Å². The SMILES string of the molecule is CC(=O)C[C@H](O)C[C@H](O)/C=C/c1c(-c2ccc(F)cc2)c2ccccc2n1C(C)C.CCC(C)(C)C(=O)O[C@H]1C[C@@H](C)C=C2C=C[C@H](C)[C@H](CC[C@@H]3C[C@@H](O)CC(=O)O3)[C@H]21.CC[C@H](C)C(=O)O[C@H]1CCC=C2C=C[C@H](C)[C@H](CC[C@@H](O)C[C@@H](O)CC(=O)O)[C@H]21.COCc1c(C(C)C)nc(C(C)C)c(/C=C/[C@@H](O)C[C@@H](O)CC(=O)O)c1-c1ccc(I)cc1. The van der Waals surface area contributed by atoms with Crippen molar-refractivity contribution in [2.45, 2.75) is 299 Å². The molecule has 3 heterocycles. The van der Waals surface area contributed by atoms with Crippen LogP contribution in [0.3, 0.4) is 0 Å². The van der Waals surface area contributed by atoms with Crippen molar-refractivity contribution in [1.82, 2.24) is 9.55 Å². The Morgan fingerprint density at radius 1 is 0.689 bits per heavy atom. The monoisotopic (exact) mass is 1800 g/mol. The molecule has 5 aromatic rings. The zero-order valence-corrected chi connectivity index (χ0v) is 76.5. The van der Waals surface area contributed by atoms with Gasteiger partial charge in [0, 0.05) is 93.2 Å². The number of aromatic nitrogens is 2. The van der Waals surface area contributed by atoms with Crippen LogP contribution in [-0.4, -0.2) is 159 Å². The maximum Gasteiger partial charge on any atom is 0.311 e. The Bertz CT molecular complexity index is 4460. The number of carboxylic acids is 2. The average Bonchev–Trinajstić information content (AvgIpc) is 1.54. The minimum absolute atomic E-state index is 0.0258. The molecule has 1 aliphatic heterocycles. The maximum atomic E-state index is 13.5. The van der Waals surface area contributed by atoms with Crippen LogP contribution in [0.4, 0.5) is 4.39 Å². The maximum absolute atomic E-state index is 13.5. The van der Waals surface area contributed by atoms with Crippen LogP contribution < -0.4 is 0 Å². The van der Waals surface area contributed by atoms with Gasteiger partial charge in [-0.25, -0.2) is 4.39 Å². The molecule has 5 aliphatic rings. The second-order valence-electron chi connectivity index (χ2n) is 35.7. The van der Waals surface area contributed by atoms with Gasteiger partial charge in [0.1, 0.15) is 29.9 Å². The molecule has 4 aliphatic carbocycles. The Labute approximate surface area is 735 Å². The van der Waals surface area contributed by atoms with E-state index in [4.69, 9.17) is 34.1 Å². The Hall–Kier alpha value is -7.85. The van der Waals surface area contributed by atoms with Crippen LogP contribution in [0.15, 0.2) is 133 Å². The van der Waals surface area contributed by atoms with Gasteiger partial charge in [0.2, 0.25) is 0 Å². The number of carbonyl (C=O) groups is 6. The number of nitrogens with zero attached hydrogens (tertiary/aromatic N) is 2. The number of para-hydroxylation sites is 1. The number of cyclic esters (lactones) is 1. The number of halogens is 2. The molecule has 1 saturated heterocycles. The molecule has 0 spiro atoms. The third-order valence-electron chi connectivity index (χ3n) is 24.2. The number of esters is 3. The summed E-state index contributed by atoms with van der Waals surface area (Å²) in [5.41, 5.74) is 11.7. The van der Waals surface area contributed by atoms with Crippen molar-refractivity contribution in [1.29, 1.82) is 0 Å². The normalized spacial score (nSPS) is 23.1. The number of aliphatic hydroxyl groups excluding tert-OH is 7. The van der Waals surface area contributed by atoms with E-state index in [2.05, 4.69) is 150 Å². The third kappa shape index (κ3) is 29.4. The lowest BCUT2D eigenvalue weighted by Gasteiger charge is -2.44. The first-order valence-corrected chi connectivity index (χ1v) is 44.9. The molecule has 21 nitrogen and oxygen atoms in total. The number of Topliss-reactive ketones (excluding diaryl/α,β-unsaturated/α-hetero) is 1. The first kappa shape index (κ1) is 101. The summed E-state index contributed by atoms with van der Waals surface area (Å²) < 4.78 is 40.0. The fourth-order valence-electron chi connectivity index (χ4n) is 17.3. The number of aliphatic hydroxyl groups is 7. The van der Waals surface area contributed by atoms with Crippen molar-refractivity contribution in [3.05, 3.63) is 170 Å². The van der Waals surface area contributed by atoms with Crippen LogP contribution in [0.5, 0.6) is 0 Å². The predicted octanol–water partition coefficient (Wildman–Crippen LogP) is 18.5. The topological polar surface area (TPSA) is 339 Å². The second kappa shape index (κ2) is 48.0. The number of ketones is 1. The van der Waals surface area contributed by atoms with Gasteiger partial charge in [0.25, 0.3) is 0 Å². The summed E-state index contributed by atoms with van der Waals surface area (Å²) >= 11 is 2.28. The lowest BCUT2D eigenvalue weighted by Crippen LogP contribution is -2.43. The largest absolute Gasteiger partial charge is 0.481 e. The molecule has 18 atom stereocenters. The number of methoxy groups -OCH3 is 1. The quantitative estimate of drug-likeness (QED) is 0.0103. The molecule has 2 aromatic heterocycles. The highest BCUT2D eigenvalue weighted by molar-refractivity contribution is 14.1. The fourth-order valence-corrected chi connectivity index (χ4v) is 17.7. The van der Waals surface area contributed by atoms with Crippen LogP contribution >= 0.6 is 22.6 Å². The lowest BCUT2D eigenvalue weighted by molar-refractivity contribution is -0.166. The number of rotatable bonds is 35. The van der Waals surface area contributed by atoms with Crippen molar-refractivity contribution in [3.63, 3.8) is 0 Å². The molecule has 0 unspecified atom stereocenters. The molecular formula is C99H136FIN2O19. The van der Waals surface area contributed by atoms with E-state index < -0.39 is 66.5 Å². The fraction of sp³-hybridized carbons (Fsp3) is 0.566. The molecule has 122 heavy (non-hydrogen) atoms. The molecule has 0 radical (unpaired) electrons. The summed E-state index contributed by atoms with van der Waals surface area (Å²) in [7, 11) is 1.67. The number of hydrogen-bond donors (Lipinski definition) is 9. The third-order valence-corrected chi connectivity index (χ3v) is 24.9. The number of carbonyl (C=O) groups excluding carboxylic acids is 4. The van der Waals surface area contributed by atoms with Gasteiger partial charge >= 0.3 is 29.8 Å². The molecule has 3 aromatic carbocycles. The summed E-state index contributed by atoms with van der Waals surface area (Å²) in [6.45, 7) is 30.7. The van der Waals surface area contributed by atoms with Gasteiger partial charge in [-0.1, -0.05) is 166 Å². The van der Waals surface area contributed by atoms with E-state index in [1.807, 2.05) is 71.0 Å². The van der Waals surface area contributed by atoms with Crippen LogP contribution in [0.25, 0.3) is 45.3 Å². The molecule has 9 N–H and O–H groups in total. The zero-order chi connectivity index (χ0) is 90.1. The standard InChI is InChI=1S/C26H34INO5.C25H28FNO3.C25H38O5.C23H36O6/c1-15(2)25-21(11-10-19(29)12-20(30)13-23(31)32)24(17-6-8-18(27)9-7-17)22(14-33-5)26(28-25)16(3)4;1-16(2)27-23-7-5-4-6-22(23)25(18-8-10-19(26)11-9-18)24(27)13-12-20(29)15-21(30)14-17(3)28;1-6-25(4,5)24(28)30-21-12-15(2)11-17-8-7-16(3)20(23(17)21)10-9-19-13-18(26)14-22(27)29-19;1-4-14(2)23(28)29-20-7-5-6-16-9-8-15(3)19(22(16)20)11-10-17(24)12-18(25)13-21(26)27/h6-11,15-16,19-20,29-30H,12-14H2,1-5H3,(H,31,32);4-13,16,20-21,29-30H,14-15H2,1-3H3;7-8,11,15-16,18-21,23,26H,6,9-10,12-14H2,1-5H3;6,8-9,14-15,17-20,22,24-25H,4-5,7,10-13H2,1-3H3,(H,26,27)/b11-10+;13-12+;;/t19-,20-;20-,21+;15-,16-,18+,19+,20-,21-,23-;14-,15-,17+,18+,19-,20-,22-/m1100/s1. The van der Waals surface area contributed by atoms with Gasteiger partial charge in [-0.3, -0.25) is 33.8 Å².